The third kappa shape index (κ3) is 3.13. The molecule has 4 rings (SSSR count). The summed E-state index contributed by atoms with van der Waals surface area (Å²) in [5.41, 5.74) is 2.70. The number of likely N-dealkylation sites (tertiary alicyclic amines) is 1. The monoisotopic (exact) mass is 339 g/mol. The quantitative estimate of drug-likeness (QED) is 0.811. The minimum Gasteiger partial charge on any atom is -0.363 e. The molecule has 0 saturated carbocycles. The number of anilines is 1. The number of para-hydroxylation sites is 1. The summed E-state index contributed by atoms with van der Waals surface area (Å²) in [5.74, 6) is 1.80. The summed E-state index contributed by atoms with van der Waals surface area (Å²) >= 11 is 0. The van der Waals surface area contributed by atoms with Gasteiger partial charge in [0.25, 0.3) is 0 Å². The van der Waals surface area contributed by atoms with Crippen molar-refractivity contribution in [3.05, 3.63) is 42.0 Å². The second-order valence-corrected chi connectivity index (χ2v) is 6.90. The Morgan fingerprint density at radius 2 is 2.12 bits per heavy atom. The van der Waals surface area contributed by atoms with Gasteiger partial charge in [-0.25, -0.2) is 9.67 Å². The Labute approximate surface area is 148 Å². The number of fused-ring (bicyclic) bond motifs is 1. The molecule has 1 amide bonds. The highest BCUT2D eigenvalue weighted by atomic mass is 16.2. The van der Waals surface area contributed by atoms with Gasteiger partial charge in [0.1, 0.15) is 12.2 Å². The van der Waals surface area contributed by atoms with Gasteiger partial charge in [-0.05, 0) is 31.4 Å². The van der Waals surface area contributed by atoms with Crippen molar-refractivity contribution in [3.63, 3.8) is 0 Å². The Balaban J connectivity index is 1.48. The zero-order chi connectivity index (χ0) is 17.2. The molecule has 1 atom stereocenters. The van der Waals surface area contributed by atoms with Gasteiger partial charge in [-0.3, -0.25) is 4.79 Å². The number of nitrogens with zero attached hydrogens (tertiary/aromatic N) is 5. The maximum atomic E-state index is 11.9. The molecule has 1 fully saturated rings. The van der Waals surface area contributed by atoms with E-state index >= 15 is 0 Å². The van der Waals surface area contributed by atoms with E-state index in [1.807, 2.05) is 9.58 Å². The van der Waals surface area contributed by atoms with E-state index in [1.54, 1.807) is 6.33 Å². The lowest BCUT2D eigenvalue weighted by molar-refractivity contribution is -0.127. The van der Waals surface area contributed by atoms with Crippen LogP contribution in [0.25, 0.3) is 0 Å². The largest absolute Gasteiger partial charge is 0.363 e. The molecule has 1 aromatic heterocycles. The van der Waals surface area contributed by atoms with Crippen LogP contribution in [0.15, 0.2) is 30.6 Å². The number of carbonyl (C=O) groups excluding carboxylic acids is 1. The van der Waals surface area contributed by atoms with E-state index in [1.165, 1.54) is 11.3 Å². The lowest BCUT2D eigenvalue weighted by Gasteiger charge is -2.21. The molecular weight excluding hydrogens is 314 g/mol. The maximum Gasteiger partial charge on any atom is 0.222 e. The van der Waals surface area contributed by atoms with Gasteiger partial charge in [0.15, 0.2) is 0 Å². The van der Waals surface area contributed by atoms with Crippen molar-refractivity contribution in [3.8, 4) is 0 Å². The van der Waals surface area contributed by atoms with Crippen LogP contribution in [-0.4, -0.2) is 45.2 Å². The minimum absolute atomic E-state index is 0.319. The Morgan fingerprint density at radius 1 is 1.24 bits per heavy atom. The van der Waals surface area contributed by atoms with E-state index in [9.17, 15) is 4.79 Å². The summed E-state index contributed by atoms with van der Waals surface area (Å²) in [7, 11) is 0. The van der Waals surface area contributed by atoms with Gasteiger partial charge in [0.05, 0.1) is 6.54 Å². The molecule has 0 unspecified atom stereocenters. The van der Waals surface area contributed by atoms with Gasteiger partial charge in [0.2, 0.25) is 5.91 Å². The molecule has 0 radical (unpaired) electrons. The third-order valence-electron chi connectivity index (χ3n) is 5.40. The molecule has 6 heteroatoms. The standard InChI is InChI=1S/C19H25N5O/c1-2-24-18(20-14-21-24)13-23-12-15(16-6-3-4-7-17(16)23)9-11-22-10-5-8-19(22)25/h3-4,6-7,14-15H,2,5,8-13H2,1H3/t15-/m0/s1. The smallest absolute Gasteiger partial charge is 0.222 e. The number of rotatable bonds is 6. The van der Waals surface area contributed by atoms with Gasteiger partial charge in [-0.2, -0.15) is 5.10 Å². The molecule has 0 N–H and O–H groups in total. The van der Waals surface area contributed by atoms with Crippen molar-refractivity contribution in [2.24, 2.45) is 0 Å². The molecule has 6 nitrogen and oxygen atoms in total. The van der Waals surface area contributed by atoms with E-state index in [-0.39, 0.29) is 0 Å². The van der Waals surface area contributed by atoms with E-state index in [0.29, 0.717) is 11.8 Å². The highest BCUT2D eigenvalue weighted by Crippen LogP contribution is 2.38. The fourth-order valence-corrected chi connectivity index (χ4v) is 4.08. The molecule has 2 aliphatic rings. The number of hydrogen-bond acceptors (Lipinski definition) is 4. The van der Waals surface area contributed by atoms with Crippen molar-refractivity contribution in [1.82, 2.24) is 19.7 Å². The summed E-state index contributed by atoms with van der Waals surface area (Å²) in [5, 5.41) is 4.28. The topological polar surface area (TPSA) is 54.3 Å². The van der Waals surface area contributed by atoms with Gasteiger partial charge in [0, 0.05) is 44.2 Å². The van der Waals surface area contributed by atoms with Crippen molar-refractivity contribution >= 4 is 11.6 Å². The fourth-order valence-electron chi connectivity index (χ4n) is 4.08. The molecule has 0 spiro atoms. The van der Waals surface area contributed by atoms with E-state index in [2.05, 4.69) is 46.2 Å². The molecule has 2 aliphatic heterocycles. The number of carbonyl (C=O) groups is 1. The average Bonchev–Trinajstić information content (AvgIpc) is 3.33. The first kappa shape index (κ1) is 16.1. The molecule has 25 heavy (non-hydrogen) atoms. The summed E-state index contributed by atoms with van der Waals surface area (Å²) in [6.45, 7) is 6.49. The Morgan fingerprint density at radius 3 is 2.92 bits per heavy atom. The van der Waals surface area contributed by atoms with Crippen LogP contribution in [0.5, 0.6) is 0 Å². The van der Waals surface area contributed by atoms with Crippen molar-refractivity contribution in [2.45, 2.75) is 45.2 Å². The predicted octanol–water partition coefficient (Wildman–Crippen LogP) is 2.41. The SMILES string of the molecule is CCn1ncnc1CN1C[C@H](CCN2CCCC2=O)c2ccccc21. The first-order valence-electron chi connectivity index (χ1n) is 9.24. The Bertz CT molecular complexity index is 756. The second-order valence-electron chi connectivity index (χ2n) is 6.90. The van der Waals surface area contributed by atoms with Crippen molar-refractivity contribution < 1.29 is 4.79 Å². The summed E-state index contributed by atoms with van der Waals surface area (Å²) in [6, 6.07) is 8.65. The highest BCUT2D eigenvalue weighted by molar-refractivity contribution is 5.78. The Hall–Kier alpha value is -2.37. The van der Waals surface area contributed by atoms with Crippen LogP contribution in [0, 0.1) is 0 Å². The minimum atomic E-state index is 0.319. The lowest BCUT2D eigenvalue weighted by atomic mass is 9.98. The number of amides is 1. The van der Waals surface area contributed by atoms with Crippen LogP contribution in [0.1, 0.15) is 43.5 Å². The molecule has 3 heterocycles. The lowest BCUT2D eigenvalue weighted by Crippen LogP contribution is -2.28. The van der Waals surface area contributed by atoms with Gasteiger partial charge >= 0.3 is 0 Å². The highest BCUT2D eigenvalue weighted by Gasteiger charge is 2.30. The zero-order valence-corrected chi connectivity index (χ0v) is 14.8. The van der Waals surface area contributed by atoms with Gasteiger partial charge in [-0.15, -0.1) is 0 Å². The van der Waals surface area contributed by atoms with Crippen molar-refractivity contribution in [1.29, 1.82) is 0 Å². The van der Waals surface area contributed by atoms with Gasteiger partial charge in [-0.1, -0.05) is 18.2 Å². The van der Waals surface area contributed by atoms with Crippen LogP contribution < -0.4 is 4.90 Å². The first-order valence-corrected chi connectivity index (χ1v) is 9.24. The molecule has 0 aliphatic carbocycles. The van der Waals surface area contributed by atoms with Crippen LogP contribution in [0.2, 0.25) is 0 Å². The number of aryl methyl sites for hydroxylation is 1. The zero-order valence-electron chi connectivity index (χ0n) is 14.8. The van der Waals surface area contributed by atoms with E-state index in [0.717, 1.165) is 57.8 Å². The predicted molar refractivity (Wildman–Crippen MR) is 96.4 cm³/mol. The molecule has 2 aromatic rings. The van der Waals surface area contributed by atoms with Crippen LogP contribution in [0.3, 0.4) is 0 Å². The van der Waals surface area contributed by atoms with Crippen LogP contribution in [-0.2, 0) is 17.9 Å². The average molecular weight is 339 g/mol. The van der Waals surface area contributed by atoms with Crippen LogP contribution >= 0.6 is 0 Å². The molecular formula is C19H25N5O. The van der Waals surface area contributed by atoms with E-state index < -0.39 is 0 Å². The van der Waals surface area contributed by atoms with Crippen LogP contribution in [0.4, 0.5) is 5.69 Å². The summed E-state index contributed by atoms with van der Waals surface area (Å²) < 4.78 is 1.96. The molecule has 1 saturated heterocycles. The number of hydrogen-bond donors (Lipinski definition) is 0. The summed E-state index contributed by atoms with van der Waals surface area (Å²) in [6.07, 6.45) is 4.40. The number of benzene rings is 1. The van der Waals surface area contributed by atoms with E-state index in [4.69, 9.17) is 0 Å². The fraction of sp³-hybridized carbons (Fsp3) is 0.526. The number of aromatic nitrogens is 3. The first-order chi connectivity index (χ1) is 12.3. The molecule has 132 valence electrons. The third-order valence-corrected chi connectivity index (χ3v) is 5.40. The van der Waals surface area contributed by atoms with Crippen molar-refractivity contribution in [2.75, 3.05) is 24.5 Å². The Kier molecular flexibility index (Phi) is 4.42. The second kappa shape index (κ2) is 6.86. The summed E-state index contributed by atoms with van der Waals surface area (Å²) in [4.78, 5) is 20.7. The molecule has 0 bridgehead atoms. The maximum absolute atomic E-state index is 11.9. The normalized spacial score (nSPS) is 19.7. The van der Waals surface area contributed by atoms with Gasteiger partial charge < -0.3 is 9.80 Å². The molecule has 1 aromatic carbocycles.